The SMILES string of the molecule is COc1cc(NC(=O)CC2SC(N3N=C(c4ccc(Cl)cc4)CC3c3ccccc3)=NC2=O)cc(OC)c1. The lowest BCUT2D eigenvalue weighted by molar-refractivity contribution is -0.121. The molecule has 1 N–H and O–H groups in total. The van der Waals surface area contributed by atoms with E-state index in [1.54, 1.807) is 23.2 Å². The number of hydrogen-bond acceptors (Lipinski definition) is 7. The monoisotopic (exact) mass is 548 g/mol. The van der Waals surface area contributed by atoms with Crippen LogP contribution in [-0.2, 0) is 9.59 Å². The Hall–Kier alpha value is -3.82. The highest BCUT2D eigenvalue weighted by molar-refractivity contribution is 8.15. The fourth-order valence-electron chi connectivity index (χ4n) is 4.30. The van der Waals surface area contributed by atoms with Crippen LogP contribution in [0.25, 0.3) is 0 Å². The Balaban J connectivity index is 1.32. The molecule has 38 heavy (non-hydrogen) atoms. The van der Waals surface area contributed by atoms with E-state index >= 15 is 0 Å². The highest BCUT2D eigenvalue weighted by atomic mass is 35.5. The van der Waals surface area contributed by atoms with Gasteiger partial charge in [0, 0.05) is 41.8 Å². The van der Waals surface area contributed by atoms with Crippen molar-refractivity contribution in [2.24, 2.45) is 10.1 Å². The van der Waals surface area contributed by atoms with E-state index < -0.39 is 5.25 Å². The normalized spacial score (nSPS) is 18.7. The second kappa shape index (κ2) is 11.3. The van der Waals surface area contributed by atoms with Crippen LogP contribution in [0.3, 0.4) is 0 Å². The number of carbonyl (C=O) groups is 2. The van der Waals surface area contributed by atoms with Gasteiger partial charge < -0.3 is 14.8 Å². The van der Waals surface area contributed by atoms with Gasteiger partial charge in [-0.3, -0.25) is 9.59 Å². The van der Waals surface area contributed by atoms with Crippen LogP contribution in [0.2, 0.25) is 5.02 Å². The van der Waals surface area contributed by atoms with E-state index in [1.165, 1.54) is 26.0 Å². The van der Waals surface area contributed by atoms with Crippen LogP contribution in [-0.4, -0.2) is 47.2 Å². The Labute approximate surface area is 229 Å². The van der Waals surface area contributed by atoms with Crippen molar-refractivity contribution in [1.82, 2.24) is 5.01 Å². The molecule has 2 unspecified atom stereocenters. The third-order valence-corrected chi connectivity index (χ3v) is 7.60. The van der Waals surface area contributed by atoms with Crippen molar-refractivity contribution >= 4 is 51.7 Å². The Morgan fingerprint density at radius 2 is 1.74 bits per heavy atom. The number of methoxy groups -OCH3 is 2. The zero-order valence-electron chi connectivity index (χ0n) is 20.8. The molecule has 5 rings (SSSR count). The number of rotatable bonds is 7. The smallest absolute Gasteiger partial charge is 0.262 e. The second-order valence-corrected chi connectivity index (χ2v) is 10.3. The van der Waals surface area contributed by atoms with Crippen LogP contribution in [0.15, 0.2) is 82.9 Å². The average Bonchev–Trinajstić information content (AvgIpc) is 3.53. The number of hydrazone groups is 1. The highest BCUT2D eigenvalue weighted by Gasteiger charge is 2.39. The molecule has 2 amide bonds. The van der Waals surface area contributed by atoms with Crippen molar-refractivity contribution in [3.8, 4) is 11.5 Å². The predicted octanol–water partition coefficient (Wildman–Crippen LogP) is 5.54. The summed E-state index contributed by atoms with van der Waals surface area (Å²) in [6, 6.07) is 22.5. The average molecular weight is 549 g/mol. The molecule has 2 atom stereocenters. The lowest BCUT2D eigenvalue weighted by Gasteiger charge is -2.23. The molecule has 2 aliphatic rings. The van der Waals surface area contributed by atoms with E-state index in [2.05, 4.69) is 10.3 Å². The summed E-state index contributed by atoms with van der Waals surface area (Å²) in [4.78, 5) is 30.0. The summed E-state index contributed by atoms with van der Waals surface area (Å²) in [7, 11) is 3.07. The van der Waals surface area contributed by atoms with Gasteiger partial charge in [-0.25, -0.2) is 5.01 Å². The summed E-state index contributed by atoms with van der Waals surface area (Å²) in [5.41, 5.74) is 3.41. The van der Waals surface area contributed by atoms with Crippen LogP contribution in [0.4, 0.5) is 5.69 Å². The van der Waals surface area contributed by atoms with Gasteiger partial charge in [0.05, 0.1) is 26.0 Å². The fourth-order valence-corrected chi connectivity index (χ4v) is 5.49. The Morgan fingerprint density at radius 3 is 2.39 bits per heavy atom. The van der Waals surface area contributed by atoms with Crippen LogP contribution < -0.4 is 14.8 Å². The minimum absolute atomic E-state index is 0.0341. The van der Waals surface area contributed by atoms with E-state index in [9.17, 15) is 9.59 Å². The largest absolute Gasteiger partial charge is 0.497 e. The maximum absolute atomic E-state index is 12.8. The lowest BCUT2D eigenvalue weighted by Crippen LogP contribution is -2.25. The molecule has 0 radical (unpaired) electrons. The van der Waals surface area contributed by atoms with Gasteiger partial charge in [0.1, 0.15) is 16.7 Å². The van der Waals surface area contributed by atoms with Crippen LogP contribution >= 0.6 is 23.4 Å². The molecule has 8 nitrogen and oxygen atoms in total. The predicted molar refractivity (Wildman–Crippen MR) is 150 cm³/mol. The summed E-state index contributed by atoms with van der Waals surface area (Å²) < 4.78 is 10.5. The first-order chi connectivity index (χ1) is 18.4. The lowest BCUT2D eigenvalue weighted by atomic mass is 9.99. The van der Waals surface area contributed by atoms with Gasteiger partial charge in [-0.05, 0) is 23.3 Å². The maximum atomic E-state index is 12.8. The van der Waals surface area contributed by atoms with Gasteiger partial charge in [-0.1, -0.05) is 65.8 Å². The molecule has 3 aromatic rings. The number of halogens is 1. The van der Waals surface area contributed by atoms with Gasteiger partial charge in [0.25, 0.3) is 5.91 Å². The van der Waals surface area contributed by atoms with Crippen molar-refractivity contribution in [3.05, 3.63) is 88.9 Å². The number of carbonyl (C=O) groups excluding carboxylic acids is 2. The number of ether oxygens (including phenoxy) is 2. The second-order valence-electron chi connectivity index (χ2n) is 8.72. The number of nitrogens with zero attached hydrogens (tertiary/aromatic N) is 3. The summed E-state index contributed by atoms with van der Waals surface area (Å²) in [6.07, 6.45) is 0.607. The zero-order chi connectivity index (χ0) is 26.6. The van der Waals surface area contributed by atoms with E-state index in [-0.39, 0.29) is 24.3 Å². The molecule has 194 valence electrons. The molecule has 10 heteroatoms. The summed E-state index contributed by atoms with van der Waals surface area (Å²) in [5.74, 6) is 0.429. The number of amidine groups is 1. The van der Waals surface area contributed by atoms with E-state index in [4.69, 9.17) is 26.2 Å². The Kier molecular flexibility index (Phi) is 7.67. The van der Waals surface area contributed by atoms with Crippen molar-refractivity contribution in [3.63, 3.8) is 0 Å². The quantitative estimate of drug-likeness (QED) is 0.417. The standard InChI is InChI=1S/C28H25ClN4O4S/c1-36-21-12-20(13-22(14-21)37-2)30-26(34)16-25-27(35)31-28(38-25)33-24(18-6-4-3-5-7-18)15-23(32-33)17-8-10-19(29)11-9-17/h3-14,24-25H,15-16H2,1-2H3,(H,30,34). The van der Waals surface area contributed by atoms with Gasteiger partial charge >= 0.3 is 0 Å². The minimum Gasteiger partial charge on any atom is -0.497 e. The van der Waals surface area contributed by atoms with Gasteiger partial charge in [-0.2, -0.15) is 10.1 Å². The molecule has 0 bridgehead atoms. The fraction of sp³-hybridized carbons (Fsp3) is 0.214. The molecule has 0 aliphatic carbocycles. The summed E-state index contributed by atoms with van der Waals surface area (Å²) in [6.45, 7) is 0. The minimum atomic E-state index is -0.649. The Morgan fingerprint density at radius 1 is 1.05 bits per heavy atom. The van der Waals surface area contributed by atoms with Crippen LogP contribution in [0.5, 0.6) is 11.5 Å². The molecule has 2 heterocycles. The first-order valence-corrected chi connectivity index (χ1v) is 13.2. The molecule has 0 spiro atoms. The van der Waals surface area contributed by atoms with Crippen molar-refractivity contribution < 1.29 is 19.1 Å². The highest BCUT2D eigenvalue weighted by Crippen LogP contribution is 2.38. The molecular formula is C28H25ClN4O4S. The third-order valence-electron chi connectivity index (χ3n) is 6.20. The molecule has 0 fully saturated rings. The van der Waals surface area contributed by atoms with Gasteiger partial charge in [-0.15, -0.1) is 0 Å². The van der Waals surface area contributed by atoms with Crippen molar-refractivity contribution in [2.45, 2.75) is 24.1 Å². The van der Waals surface area contributed by atoms with E-state index in [0.717, 1.165) is 16.8 Å². The number of amides is 2. The molecule has 2 aliphatic heterocycles. The number of benzene rings is 3. The molecular weight excluding hydrogens is 524 g/mol. The van der Waals surface area contributed by atoms with Crippen LogP contribution in [0, 0.1) is 0 Å². The van der Waals surface area contributed by atoms with Gasteiger partial charge in [0.15, 0.2) is 5.17 Å². The van der Waals surface area contributed by atoms with Crippen molar-refractivity contribution in [2.75, 3.05) is 19.5 Å². The summed E-state index contributed by atoms with van der Waals surface area (Å²) in [5, 5.41) is 9.96. The molecule has 3 aromatic carbocycles. The number of nitrogens with one attached hydrogen (secondary N) is 1. The number of thioether (sulfide) groups is 1. The molecule has 0 saturated heterocycles. The number of anilines is 1. The Bertz CT molecular complexity index is 1390. The number of aliphatic imine (C=N–C) groups is 1. The van der Waals surface area contributed by atoms with Gasteiger partial charge in [0.2, 0.25) is 5.91 Å². The van der Waals surface area contributed by atoms with E-state index in [0.29, 0.717) is 33.8 Å². The zero-order valence-corrected chi connectivity index (χ0v) is 22.3. The van der Waals surface area contributed by atoms with E-state index in [1.807, 2.05) is 54.6 Å². The maximum Gasteiger partial charge on any atom is 0.262 e. The first kappa shape index (κ1) is 25.8. The third kappa shape index (κ3) is 5.69. The summed E-state index contributed by atoms with van der Waals surface area (Å²) >= 11 is 7.33. The van der Waals surface area contributed by atoms with Crippen LogP contribution in [0.1, 0.15) is 30.0 Å². The molecule has 0 aromatic heterocycles. The first-order valence-electron chi connectivity index (χ1n) is 11.9. The van der Waals surface area contributed by atoms with Crippen molar-refractivity contribution in [1.29, 1.82) is 0 Å². The number of hydrogen-bond donors (Lipinski definition) is 1. The molecule has 0 saturated carbocycles. The topological polar surface area (TPSA) is 92.6 Å².